The van der Waals surface area contributed by atoms with E-state index in [4.69, 9.17) is 5.26 Å². The minimum absolute atomic E-state index is 0.342. The number of hydrogen-bond donors (Lipinski definition) is 1. The lowest BCUT2D eigenvalue weighted by Gasteiger charge is -2.14. The number of halogens is 1. The van der Waals surface area contributed by atoms with Crippen LogP contribution in [0.1, 0.15) is 30.5 Å². The highest BCUT2D eigenvalue weighted by Gasteiger charge is 2.09. The lowest BCUT2D eigenvalue weighted by molar-refractivity contribution is 0.589. The summed E-state index contributed by atoms with van der Waals surface area (Å²) in [5.41, 5.74) is 4.27. The Morgan fingerprint density at radius 2 is 1.95 bits per heavy atom. The van der Waals surface area contributed by atoms with Crippen LogP contribution in [0, 0.1) is 24.1 Å². The quantitative estimate of drug-likeness (QED) is 0.913. The number of nitrogens with one attached hydrogen (secondary N) is 1. The molecule has 0 atom stereocenters. The van der Waals surface area contributed by atoms with Crippen molar-refractivity contribution in [3.8, 4) is 17.2 Å². The van der Waals surface area contributed by atoms with Crippen molar-refractivity contribution in [3.05, 3.63) is 58.9 Å². The van der Waals surface area contributed by atoms with Crippen molar-refractivity contribution in [2.75, 3.05) is 0 Å². The smallest absolute Gasteiger partial charge is 0.125 e. The summed E-state index contributed by atoms with van der Waals surface area (Å²) in [5, 5.41) is 12.4. The first-order chi connectivity index (χ1) is 9.99. The first kappa shape index (κ1) is 15.2. The minimum Gasteiger partial charge on any atom is -0.310 e. The van der Waals surface area contributed by atoms with E-state index >= 15 is 0 Å². The molecule has 0 amide bonds. The first-order valence-electron chi connectivity index (χ1n) is 7.03. The molecule has 21 heavy (non-hydrogen) atoms. The average Bonchev–Trinajstić information content (AvgIpc) is 2.45. The van der Waals surface area contributed by atoms with Crippen LogP contribution in [0.2, 0.25) is 0 Å². The van der Waals surface area contributed by atoms with Crippen LogP contribution in [0.3, 0.4) is 0 Å². The van der Waals surface area contributed by atoms with Gasteiger partial charge in [0.1, 0.15) is 5.82 Å². The fourth-order valence-corrected chi connectivity index (χ4v) is 2.24. The van der Waals surface area contributed by atoms with E-state index in [-0.39, 0.29) is 5.82 Å². The second kappa shape index (κ2) is 6.51. The molecule has 0 saturated carbocycles. The van der Waals surface area contributed by atoms with Gasteiger partial charge in [0.25, 0.3) is 0 Å². The highest BCUT2D eigenvalue weighted by Crippen LogP contribution is 2.27. The Bertz CT molecular complexity index is 684. The molecule has 0 bridgehead atoms. The Morgan fingerprint density at radius 1 is 1.19 bits per heavy atom. The molecule has 0 heterocycles. The zero-order valence-corrected chi connectivity index (χ0v) is 12.6. The molecule has 108 valence electrons. The standard InChI is InChI=1S/C18H19FN2/c1-12(2)21-11-15-5-4-13(3)6-18(15)16-7-14(10-20)8-17(19)9-16/h4-9,12,21H,11H2,1-3H3. The van der Waals surface area contributed by atoms with E-state index in [1.807, 2.05) is 25.1 Å². The van der Waals surface area contributed by atoms with E-state index in [1.54, 1.807) is 6.07 Å². The summed E-state index contributed by atoms with van der Waals surface area (Å²) in [6, 6.07) is 13.0. The summed E-state index contributed by atoms with van der Waals surface area (Å²) in [5.74, 6) is -0.381. The molecular formula is C18H19FN2. The van der Waals surface area contributed by atoms with E-state index in [0.29, 0.717) is 18.2 Å². The monoisotopic (exact) mass is 282 g/mol. The summed E-state index contributed by atoms with van der Waals surface area (Å²) >= 11 is 0. The van der Waals surface area contributed by atoms with Crippen molar-refractivity contribution in [3.63, 3.8) is 0 Å². The molecule has 0 spiro atoms. The van der Waals surface area contributed by atoms with Gasteiger partial charge in [0.05, 0.1) is 11.6 Å². The number of rotatable bonds is 4. The molecular weight excluding hydrogens is 263 g/mol. The van der Waals surface area contributed by atoms with Crippen LogP contribution in [0.25, 0.3) is 11.1 Å². The van der Waals surface area contributed by atoms with E-state index in [1.165, 1.54) is 12.1 Å². The van der Waals surface area contributed by atoms with Crippen LogP contribution >= 0.6 is 0 Å². The maximum absolute atomic E-state index is 13.7. The third-order valence-corrected chi connectivity index (χ3v) is 3.30. The van der Waals surface area contributed by atoms with Crippen molar-refractivity contribution in [2.24, 2.45) is 0 Å². The van der Waals surface area contributed by atoms with Gasteiger partial charge in [-0.1, -0.05) is 37.6 Å². The Morgan fingerprint density at radius 3 is 2.62 bits per heavy atom. The van der Waals surface area contributed by atoms with Gasteiger partial charge in [0, 0.05) is 12.6 Å². The lowest BCUT2D eigenvalue weighted by atomic mass is 9.96. The summed E-state index contributed by atoms with van der Waals surface area (Å²) < 4.78 is 13.7. The maximum atomic E-state index is 13.7. The van der Waals surface area contributed by atoms with Crippen molar-refractivity contribution < 1.29 is 4.39 Å². The van der Waals surface area contributed by atoms with Gasteiger partial charge in [-0.25, -0.2) is 4.39 Å². The van der Waals surface area contributed by atoms with Crippen molar-refractivity contribution in [2.45, 2.75) is 33.4 Å². The normalized spacial score (nSPS) is 10.7. The van der Waals surface area contributed by atoms with Crippen molar-refractivity contribution >= 4 is 0 Å². The van der Waals surface area contributed by atoms with Gasteiger partial charge in [0.15, 0.2) is 0 Å². The lowest BCUT2D eigenvalue weighted by Crippen LogP contribution is -2.22. The highest BCUT2D eigenvalue weighted by molar-refractivity contribution is 5.69. The molecule has 0 aromatic heterocycles. The number of benzene rings is 2. The minimum atomic E-state index is -0.381. The SMILES string of the molecule is Cc1ccc(CNC(C)C)c(-c2cc(F)cc(C#N)c2)c1. The van der Waals surface area contributed by atoms with Gasteiger partial charge in [-0.05, 0) is 41.8 Å². The largest absolute Gasteiger partial charge is 0.310 e. The van der Waals surface area contributed by atoms with Crippen molar-refractivity contribution in [1.29, 1.82) is 5.26 Å². The van der Waals surface area contributed by atoms with Crippen LogP contribution in [0.4, 0.5) is 4.39 Å². The zero-order chi connectivity index (χ0) is 15.4. The molecule has 2 nitrogen and oxygen atoms in total. The number of aryl methyl sites for hydroxylation is 1. The molecule has 0 fully saturated rings. The summed E-state index contributed by atoms with van der Waals surface area (Å²) in [4.78, 5) is 0. The molecule has 2 aromatic carbocycles. The van der Waals surface area contributed by atoms with E-state index in [9.17, 15) is 4.39 Å². The van der Waals surface area contributed by atoms with Crippen LogP contribution in [-0.2, 0) is 6.54 Å². The Kier molecular flexibility index (Phi) is 4.72. The molecule has 0 radical (unpaired) electrons. The predicted octanol–water partition coefficient (Wildman–Crippen LogP) is 4.17. The number of nitrogens with zero attached hydrogens (tertiary/aromatic N) is 1. The predicted molar refractivity (Wildman–Crippen MR) is 83.3 cm³/mol. The average molecular weight is 282 g/mol. The number of hydrogen-bond acceptors (Lipinski definition) is 2. The third-order valence-electron chi connectivity index (χ3n) is 3.30. The molecule has 0 unspecified atom stereocenters. The molecule has 1 N–H and O–H groups in total. The molecule has 2 rings (SSSR count). The van der Waals surface area contributed by atoms with Gasteiger partial charge in [-0.2, -0.15) is 5.26 Å². The summed E-state index contributed by atoms with van der Waals surface area (Å²) in [7, 11) is 0. The van der Waals surface area contributed by atoms with Crippen molar-refractivity contribution in [1.82, 2.24) is 5.32 Å². The second-order valence-electron chi connectivity index (χ2n) is 5.54. The molecule has 2 aromatic rings. The topological polar surface area (TPSA) is 35.8 Å². The van der Waals surface area contributed by atoms with Gasteiger partial charge in [-0.3, -0.25) is 0 Å². The highest BCUT2D eigenvalue weighted by atomic mass is 19.1. The van der Waals surface area contributed by atoms with Crippen LogP contribution in [-0.4, -0.2) is 6.04 Å². The molecule has 3 heteroatoms. The molecule has 0 aliphatic rings. The molecule has 0 aliphatic carbocycles. The zero-order valence-electron chi connectivity index (χ0n) is 12.6. The maximum Gasteiger partial charge on any atom is 0.125 e. The van der Waals surface area contributed by atoms with E-state index < -0.39 is 0 Å². The van der Waals surface area contributed by atoms with E-state index in [0.717, 1.165) is 22.3 Å². The second-order valence-corrected chi connectivity index (χ2v) is 5.54. The molecule has 0 aliphatic heterocycles. The van der Waals surface area contributed by atoms with Crippen LogP contribution in [0.5, 0.6) is 0 Å². The number of nitriles is 1. The summed E-state index contributed by atoms with van der Waals surface area (Å²) in [6.45, 7) is 6.90. The van der Waals surface area contributed by atoms with E-state index in [2.05, 4.69) is 25.2 Å². The first-order valence-corrected chi connectivity index (χ1v) is 7.03. The Hall–Kier alpha value is -2.18. The fraction of sp³-hybridized carbons (Fsp3) is 0.278. The molecule has 0 saturated heterocycles. The third kappa shape index (κ3) is 3.90. The van der Waals surface area contributed by atoms with Gasteiger partial charge < -0.3 is 5.32 Å². The fourth-order valence-electron chi connectivity index (χ4n) is 2.24. The van der Waals surface area contributed by atoms with Gasteiger partial charge in [-0.15, -0.1) is 0 Å². The van der Waals surface area contributed by atoms with Gasteiger partial charge >= 0.3 is 0 Å². The van der Waals surface area contributed by atoms with Crippen LogP contribution in [0.15, 0.2) is 36.4 Å². The summed E-state index contributed by atoms with van der Waals surface area (Å²) in [6.07, 6.45) is 0. The van der Waals surface area contributed by atoms with Gasteiger partial charge in [0.2, 0.25) is 0 Å². The Balaban J connectivity index is 2.49. The Labute approximate surface area is 125 Å². The van der Waals surface area contributed by atoms with Crippen LogP contribution < -0.4 is 5.32 Å².